The molecule has 0 aliphatic heterocycles. The van der Waals surface area contributed by atoms with E-state index in [0.717, 1.165) is 0 Å². The molecule has 0 fully saturated rings. The van der Waals surface area contributed by atoms with Gasteiger partial charge in [-0.15, -0.1) is 0 Å². The zero-order valence-corrected chi connectivity index (χ0v) is 9.62. The summed E-state index contributed by atoms with van der Waals surface area (Å²) in [6.45, 7) is 1.27. The number of carbonyl (C=O) groups excluding carboxylic acids is 1. The van der Waals surface area contributed by atoms with Crippen molar-refractivity contribution in [2.45, 2.75) is 13.1 Å². The van der Waals surface area contributed by atoms with Crippen LogP contribution in [0.5, 0.6) is 0 Å². The second-order valence-corrected chi connectivity index (χ2v) is 3.37. The van der Waals surface area contributed by atoms with Crippen LogP contribution in [0.15, 0.2) is 35.9 Å². The summed E-state index contributed by atoms with van der Waals surface area (Å²) < 4.78 is 42.7. The fourth-order valence-corrected chi connectivity index (χ4v) is 1.34. The smallest absolute Gasteiger partial charge is 0.425 e. The van der Waals surface area contributed by atoms with Crippen LogP contribution in [0.25, 0.3) is 5.70 Å². The average molecular weight is 259 g/mol. The molecule has 0 aliphatic carbocycles. The van der Waals surface area contributed by atoms with Crippen molar-refractivity contribution >= 4 is 11.7 Å². The molecule has 1 aromatic rings. The van der Waals surface area contributed by atoms with Crippen LogP contribution >= 0.6 is 0 Å². The van der Waals surface area contributed by atoms with Crippen molar-refractivity contribution in [3.8, 4) is 0 Å². The van der Waals surface area contributed by atoms with E-state index in [1.165, 1.54) is 31.2 Å². The summed E-state index contributed by atoms with van der Waals surface area (Å²) in [5.41, 5.74) is 3.42. The molecule has 0 atom stereocenters. The number of rotatable bonds is 3. The van der Waals surface area contributed by atoms with Gasteiger partial charge < -0.3 is 10.5 Å². The lowest BCUT2D eigenvalue weighted by Gasteiger charge is -2.14. The molecule has 18 heavy (non-hydrogen) atoms. The maximum absolute atomic E-state index is 12.8. The molecule has 0 spiro atoms. The monoisotopic (exact) mass is 259 g/mol. The lowest BCUT2D eigenvalue weighted by Crippen LogP contribution is -2.26. The number of ether oxygens (including phenoxy) is 1. The first-order valence-electron chi connectivity index (χ1n) is 5.17. The molecule has 0 saturated heterocycles. The van der Waals surface area contributed by atoms with Crippen LogP contribution < -0.4 is 5.73 Å². The molecule has 0 heterocycles. The third-order valence-electron chi connectivity index (χ3n) is 2.12. The van der Waals surface area contributed by atoms with Gasteiger partial charge in [-0.05, 0) is 12.5 Å². The van der Waals surface area contributed by atoms with E-state index in [9.17, 15) is 18.0 Å². The van der Waals surface area contributed by atoms with E-state index in [1.54, 1.807) is 6.07 Å². The summed E-state index contributed by atoms with van der Waals surface area (Å²) >= 11 is 0. The van der Waals surface area contributed by atoms with Gasteiger partial charge in [-0.3, -0.25) is 0 Å². The Balaban J connectivity index is 3.29. The standard InChI is InChI=1S/C12H12F3NO2/c1-2-18-11(17)9(12(13,14)15)10(16)8-6-4-3-5-7-8/h3-7H,2,16H2,1H3. The number of halogens is 3. The van der Waals surface area contributed by atoms with Crippen LogP contribution in [0.3, 0.4) is 0 Å². The number of carbonyl (C=O) groups is 1. The van der Waals surface area contributed by atoms with Gasteiger partial charge in [0.15, 0.2) is 5.57 Å². The Morgan fingerprint density at radius 3 is 2.28 bits per heavy atom. The minimum Gasteiger partial charge on any atom is -0.462 e. The SMILES string of the molecule is CCOC(=O)C(=C(N)c1ccccc1)C(F)(F)F. The van der Waals surface area contributed by atoms with Gasteiger partial charge in [0.2, 0.25) is 0 Å². The number of nitrogens with two attached hydrogens (primary N) is 1. The Bertz CT molecular complexity index is 452. The first kappa shape index (κ1) is 14.1. The van der Waals surface area contributed by atoms with Crippen molar-refractivity contribution in [3.63, 3.8) is 0 Å². The second-order valence-electron chi connectivity index (χ2n) is 3.37. The number of alkyl halides is 3. The topological polar surface area (TPSA) is 52.3 Å². The average Bonchev–Trinajstić information content (AvgIpc) is 2.28. The Morgan fingerprint density at radius 2 is 1.83 bits per heavy atom. The van der Waals surface area contributed by atoms with Crippen molar-refractivity contribution in [1.29, 1.82) is 0 Å². The lowest BCUT2D eigenvalue weighted by molar-refractivity contribution is -0.150. The van der Waals surface area contributed by atoms with E-state index in [-0.39, 0.29) is 12.2 Å². The third-order valence-corrected chi connectivity index (χ3v) is 2.12. The maximum Gasteiger partial charge on any atom is 0.425 e. The Labute approximate surface area is 102 Å². The first-order valence-corrected chi connectivity index (χ1v) is 5.17. The quantitative estimate of drug-likeness (QED) is 0.670. The number of esters is 1. The van der Waals surface area contributed by atoms with Crippen molar-refractivity contribution in [2.24, 2.45) is 5.73 Å². The molecule has 98 valence electrons. The van der Waals surface area contributed by atoms with Gasteiger partial charge >= 0.3 is 12.1 Å². The van der Waals surface area contributed by atoms with Gasteiger partial charge in [-0.1, -0.05) is 30.3 Å². The van der Waals surface area contributed by atoms with Gasteiger partial charge in [0.1, 0.15) is 0 Å². The normalized spacial score (nSPS) is 12.9. The summed E-state index contributed by atoms with van der Waals surface area (Å²) in [7, 11) is 0. The molecule has 0 radical (unpaired) electrons. The van der Waals surface area contributed by atoms with Gasteiger partial charge in [0, 0.05) is 0 Å². The molecule has 0 unspecified atom stereocenters. The molecular formula is C12H12F3NO2. The summed E-state index contributed by atoms with van der Waals surface area (Å²) in [4.78, 5) is 11.3. The van der Waals surface area contributed by atoms with Gasteiger partial charge in [0.05, 0.1) is 12.3 Å². The van der Waals surface area contributed by atoms with Gasteiger partial charge in [-0.2, -0.15) is 13.2 Å². The fraction of sp³-hybridized carbons (Fsp3) is 0.250. The predicted molar refractivity (Wildman–Crippen MR) is 60.2 cm³/mol. The Hall–Kier alpha value is -1.98. The summed E-state index contributed by atoms with van der Waals surface area (Å²) in [5, 5.41) is 0. The highest BCUT2D eigenvalue weighted by molar-refractivity contribution is 5.98. The van der Waals surface area contributed by atoms with E-state index in [1.807, 2.05) is 0 Å². The molecular weight excluding hydrogens is 247 g/mol. The Kier molecular flexibility index (Phi) is 4.36. The summed E-state index contributed by atoms with van der Waals surface area (Å²) in [6.07, 6.45) is -4.85. The van der Waals surface area contributed by atoms with E-state index >= 15 is 0 Å². The van der Waals surface area contributed by atoms with Crippen molar-refractivity contribution < 1.29 is 22.7 Å². The van der Waals surface area contributed by atoms with E-state index < -0.39 is 23.4 Å². The van der Waals surface area contributed by atoms with Crippen LogP contribution in [-0.4, -0.2) is 18.8 Å². The van der Waals surface area contributed by atoms with E-state index in [2.05, 4.69) is 4.74 Å². The molecule has 0 amide bonds. The molecule has 0 bridgehead atoms. The minimum atomic E-state index is -4.85. The highest BCUT2D eigenvalue weighted by Gasteiger charge is 2.42. The summed E-state index contributed by atoms with van der Waals surface area (Å²) in [5.74, 6) is -1.47. The molecule has 3 nitrogen and oxygen atoms in total. The minimum absolute atomic E-state index is 0.123. The van der Waals surface area contributed by atoms with Crippen LogP contribution in [0.4, 0.5) is 13.2 Å². The lowest BCUT2D eigenvalue weighted by atomic mass is 10.1. The predicted octanol–water partition coefficient (Wildman–Crippen LogP) is 2.48. The zero-order chi connectivity index (χ0) is 13.8. The third kappa shape index (κ3) is 3.26. The van der Waals surface area contributed by atoms with Crippen LogP contribution in [0.1, 0.15) is 12.5 Å². The molecule has 2 N–H and O–H groups in total. The largest absolute Gasteiger partial charge is 0.462 e. The van der Waals surface area contributed by atoms with Crippen molar-refractivity contribution in [3.05, 3.63) is 41.5 Å². The molecule has 0 saturated carbocycles. The Morgan fingerprint density at radius 1 is 1.28 bits per heavy atom. The van der Waals surface area contributed by atoms with Gasteiger partial charge in [-0.25, -0.2) is 4.79 Å². The molecule has 0 aromatic heterocycles. The van der Waals surface area contributed by atoms with Crippen LogP contribution in [0.2, 0.25) is 0 Å². The fourth-order valence-electron chi connectivity index (χ4n) is 1.34. The second kappa shape index (κ2) is 5.57. The highest BCUT2D eigenvalue weighted by atomic mass is 19.4. The van der Waals surface area contributed by atoms with Crippen molar-refractivity contribution in [2.75, 3.05) is 6.61 Å². The number of hydrogen-bond acceptors (Lipinski definition) is 3. The molecule has 1 aromatic carbocycles. The summed E-state index contributed by atoms with van der Waals surface area (Å²) in [6, 6.07) is 7.47. The van der Waals surface area contributed by atoms with Gasteiger partial charge in [0.25, 0.3) is 0 Å². The highest BCUT2D eigenvalue weighted by Crippen LogP contribution is 2.31. The van der Waals surface area contributed by atoms with Crippen molar-refractivity contribution in [1.82, 2.24) is 0 Å². The van der Waals surface area contributed by atoms with Crippen LogP contribution in [0, 0.1) is 0 Å². The van der Waals surface area contributed by atoms with E-state index in [4.69, 9.17) is 5.73 Å². The molecule has 0 aliphatic rings. The van der Waals surface area contributed by atoms with Crippen LogP contribution in [-0.2, 0) is 9.53 Å². The zero-order valence-electron chi connectivity index (χ0n) is 9.62. The first-order chi connectivity index (χ1) is 8.38. The number of benzene rings is 1. The molecule has 1 rings (SSSR count). The number of hydrogen-bond donors (Lipinski definition) is 1. The van der Waals surface area contributed by atoms with E-state index in [0.29, 0.717) is 0 Å². The maximum atomic E-state index is 12.8. The molecule has 6 heteroatoms.